The number of benzene rings is 1. The molecule has 0 aliphatic rings. The Morgan fingerprint density at radius 3 is 2.54 bits per heavy atom. The normalized spacial score (nSPS) is 11.8. The van der Waals surface area contributed by atoms with Gasteiger partial charge in [-0.25, -0.2) is 0 Å². The molecule has 2 N–H and O–H groups in total. The second kappa shape index (κ2) is 3.99. The van der Waals surface area contributed by atoms with E-state index in [4.69, 9.17) is 17.3 Å². The van der Waals surface area contributed by atoms with Gasteiger partial charge in [-0.1, -0.05) is 17.7 Å². The van der Waals surface area contributed by atoms with E-state index in [0.29, 0.717) is 0 Å². The quantitative estimate of drug-likeness (QED) is 0.869. The zero-order valence-electron chi connectivity index (χ0n) is 7.77. The fourth-order valence-electron chi connectivity index (χ4n) is 1.18. The highest BCUT2D eigenvalue weighted by molar-refractivity contribution is 9.10. The molecular formula is C10H13BrClN. The molecule has 3 heteroatoms. The molecular weight excluding hydrogens is 249 g/mol. The van der Waals surface area contributed by atoms with Crippen molar-refractivity contribution in [3.05, 3.63) is 33.3 Å². The van der Waals surface area contributed by atoms with Gasteiger partial charge in [0.1, 0.15) is 0 Å². The summed E-state index contributed by atoms with van der Waals surface area (Å²) in [5.74, 6) is 0. The van der Waals surface area contributed by atoms with Crippen molar-refractivity contribution in [1.29, 1.82) is 0 Å². The fraction of sp³-hybridized carbons (Fsp3) is 0.400. The van der Waals surface area contributed by atoms with Crippen LogP contribution < -0.4 is 5.73 Å². The molecule has 1 aromatic carbocycles. The lowest BCUT2D eigenvalue weighted by atomic mass is 9.96. The molecule has 13 heavy (non-hydrogen) atoms. The topological polar surface area (TPSA) is 26.0 Å². The molecule has 0 aliphatic heterocycles. The Balaban J connectivity index is 2.86. The molecule has 0 spiro atoms. The van der Waals surface area contributed by atoms with E-state index < -0.39 is 0 Å². The summed E-state index contributed by atoms with van der Waals surface area (Å²) >= 11 is 9.25. The highest BCUT2D eigenvalue weighted by Gasteiger charge is 2.11. The van der Waals surface area contributed by atoms with Crippen LogP contribution in [0.3, 0.4) is 0 Å². The Bertz CT molecular complexity index is 304. The molecule has 1 rings (SSSR count). The summed E-state index contributed by atoms with van der Waals surface area (Å²) in [4.78, 5) is 0. The lowest BCUT2D eigenvalue weighted by Crippen LogP contribution is -2.34. The molecule has 0 heterocycles. The van der Waals surface area contributed by atoms with Crippen molar-refractivity contribution in [2.45, 2.75) is 25.8 Å². The van der Waals surface area contributed by atoms with Gasteiger partial charge in [-0.15, -0.1) is 0 Å². The fourth-order valence-corrected chi connectivity index (χ4v) is 1.72. The van der Waals surface area contributed by atoms with Gasteiger partial charge in [0.2, 0.25) is 0 Å². The molecule has 1 nitrogen and oxygen atoms in total. The van der Waals surface area contributed by atoms with Crippen molar-refractivity contribution in [3.8, 4) is 0 Å². The minimum Gasteiger partial charge on any atom is -0.325 e. The average molecular weight is 263 g/mol. The average Bonchev–Trinajstić information content (AvgIpc) is 1.94. The van der Waals surface area contributed by atoms with E-state index in [-0.39, 0.29) is 5.54 Å². The number of hydrogen-bond acceptors (Lipinski definition) is 1. The van der Waals surface area contributed by atoms with Crippen molar-refractivity contribution in [1.82, 2.24) is 0 Å². The van der Waals surface area contributed by atoms with Crippen LogP contribution in [-0.2, 0) is 6.42 Å². The van der Waals surface area contributed by atoms with Gasteiger partial charge in [0.25, 0.3) is 0 Å². The van der Waals surface area contributed by atoms with Crippen LogP contribution in [0, 0.1) is 0 Å². The van der Waals surface area contributed by atoms with Gasteiger partial charge >= 0.3 is 0 Å². The van der Waals surface area contributed by atoms with Gasteiger partial charge in [0, 0.05) is 10.0 Å². The highest BCUT2D eigenvalue weighted by Crippen LogP contribution is 2.24. The second-order valence-corrected chi connectivity index (χ2v) is 5.18. The van der Waals surface area contributed by atoms with Gasteiger partial charge in [0.15, 0.2) is 0 Å². The van der Waals surface area contributed by atoms with Crippen LogP contribution in [0.1, 0.15) is 19.4 Å². The second-order valence-electron chi connectivity index (χ2n) is 3.91. The zero-order chi connectivity index (χ0) is 10.1. The summed E-state index contributed by atoms with van der Waals surface area (Å²) in [7, 11) is 0. The third-order valence-corrected chi connectivity index (χ3v) is 2.86. The summed E-state index contributed by atoms with van der Waals surface area (Å²) in [5, 5.41) is 0.735. The Hall–Kier alpha value is -0.0500. The van der Waals surface area contributed by atoms with Gasteiger partial charge in [-0.05, 0) is 53.9 Å². The van der Waals surface area contributed by atoms with Gasteiger partial charge in [-0.2, -0.15) is 0 Å². The van der Waals surface area contributed by atoms with E-state index in [1.165, 1.54) is 5.56 Å². The number of hydrogen-bond donors (Lipinski definition) is 1. The molecule has 1 aromatic rings. The van der Waals surface area contributed by atoms with Crippen LogP contribution in [0.4, 0.5) is 0 Å². The van der Waals surface area contributed by atoms with E-state index >= 15 is 0 Å². The predicted octanol–water partition coefficient (Wildman–Crippen LogP) is 3.38. The van der Waals surface area contributed by atoms with Crippen molar-refractivity contribution < 1.29 is 0 Å². The Labute approximate surface area is 92.4 Å². The molecule has 0 amide bonds. The maximum atomic E-state index is 5.91. The molecule has 0 saturated heterocycles. The molecule has 0 fully saturated rings. The van der Waals surface area contributed by atoms with Crippen LogP contribution in [0.5, 0.6) is 0 Å². The van der Waals surface area contributed by atoms with E-state index in [0.717, 1.165) is 15.9 Å². The standard InChI is InChI=1S/C10H13BrClN/c1-10(2,13)6-7-3-4-9(12)8(11)5-7/h3-5H,6,13H2,1-2H3. The zero-order valence-corrected chi connectivity index (χ0v) is 10.1. The molecule has 0 bridgehead atoms. The van der Waals surface area contributed by atoms with Gasteiger partial charge < -0.3 is 5.73 Å². The largest absolute Gasteiger partial charge is 0.325 e. The number of rotatable bonds is 2. The molecule has 0 atom stereocenters. The smallest absolute Gasteiger partial charge is 0.0548 e. The number of halogens is 2. The number of nitrogens with two attached hydrogens (primary N) is 1. The molecule has 0 radical (unpaired) electrons. The third kappa shape index (κ3) is 3.67. The lowest BCUT2D eigenvalue weighted by molar-refractivity contribution is 0.516. The molecule has 0 unspecified atom stereocenters. The van der Waals surface area contributed by atoms with Crippen LogP contribution in [0.2, 0.25) is 5.02 Å². The van der Waals surface area contributed by atoms with Crippen molar-refractivity contribution in [3.63, 3.8) is 0 Å². The van der Waals surface area contributed by atoms with Crippen LogP contribution in [0.15, 0.2) is 22.7 Å². The first-order valence-corrected chi connectivity index (χ1v) is 5.28. The van der Waals surface area contributed by atoms with Crippen LogP contribution >= 0.6 is 27.5 Å². The maximum absolute atomic E-state index is 5.91. The first-order valence-electron chi connectivity index (χ1n) is 4.11. The SMILES string of the molecule is CC(C)(N)Cc1ccc(Cl)c(Br)c1. The minimum atomic E-state index is -0.173. The molecule has 0 aliphatic carbocycles. The first-order chi connectivity index (χ1) is 5.88. The Morgan fingerprint density at radius 1 is 1.46 bits per heavy atom. The van der Waals surface area contributed by atoms with E-state index in [9.17, 15) is 0 Å². The summed E-state index contributed by atoms with van der Waals surface area (Å²) in [6.07, 6.45) is 0.850. The lowest BCUT2D eigenvalue weighted by Gasteiger charge is -2.18. The first kappa shape index (κ1) is 11.0. The molecule has 0 aromatic heterocycles. The summed E-state index contributed by atoms with van der Waals surface area (Å²) in [6, 6.07) is 5.89. The van der Waals surface area contributed by atoms with Gasteiger partial charge in [0.05, 0.1) is 5.02 Å². The summed E-state index contributed by atoms with van der Waals surface area (Å²) < 4.78 is 0.927. The summed E-state index contributed by atoms with van der Waals surface area (Å²) in [6.45, 7) is 4.02. The monoisotopic (exact) mass is 261 g/mol. The maximum Gasteiger partial charge on any atom is 0.0548 e. The Morgan fingerprint density at radius 2 is 2.08 bits per heavy atom. The molecule has 72 valence electrons. The van der Waals surface area contributed by atoms with Gasteiger partial charge in [-0.3, -0.25) is 0 Å². The highest BCUT2D eigenvalue weighted by atomic mass is 79.9. The van der Waals surface area contributed by atoms with Crippen molar-refractivity contribution in [2.24, 2.45) is 5.73 Å². The van der Waals surface area contributed by atoms with E-state index in [1.54, 1.807) is 0 Å². The minimum absolute atomic E-state index is 0.173. The summed E-state index contributed by atoms with van der Waals surface area (Å²) in [5.41, 5.74) is 6.93. The predicted molar refractivity (Wildman–Crippen MR) is 61.1 cm³/mol. The van der Waals surface area contributed by atoms with Crippen molar-refractivity contribution in [2.75, 3.05) is 0 Å². The Kier molecular flexibility index (Phi) is 3.38. The van der Waals surface area contributed by atoms with Crippen LogP contribution in [0.25, 0.3) is 0 Å². The van der Waals surface area contributed by atoms with Crippen LogP contribution in [-0.4, -0.2) is 5.54 Å². The van der Waals surface area contributed by atoms with E-state index in [1.807, 2.05) is 32.0 Å². The van der Waals surface area contributed by atoms with Crippen molar-refractivity contribution >= 4 is 27.5 Å². The molecule has 0 saturated carbocycles. The van der Waals surface area contributed by atoms with E-state index in [2.05, 4.69) is 15.9 Å². The third-order valence-electron chi connectivity index (χ3n) is 1.64.